The lowest BCUT2D eigenvalue weighted by molar-refractivity contribution is 0.108. The minimum Gasteiger partial charge on any atom is -0.280 e. The van der Waals surface area contributed by atoms with Gasteiger partial charge in [-0.15, -0.1) is 0 Å². The third kappa shape index (κ3) is 4.25. The first-order chi connectivity index (χ1) is 7.15. The molecule has 1 aromatic rings. The van der Waals surface area contributed by atoms with Crippen LogP contribution in [-0.2, 0) is 0 Å². The van der Waals surface area contributed by atoms with Crippen LogP contribution < -0.4 is 0 Å². The van der Waals surface area contributed by atoms with Crippen LogP contribution in [-0.4, -0.2) is 15.9 Å². The molecule has 0 aliphatic heterocycles. The second-order valence-electron chi connectivity index (χ2n) is 2.95. The zero-order chi connectivity index (χ0) is 11.3. The van der Waals surface area contributed by atoms with E-state index in [1.165, 1.54) is 11.8 Å². The molecular weight excluding hydrogens is 342 g/mol. The molecule has 0 fully saturated rings. The fraction of sp³-hybridized carbons (Fsp3) is 0.400. The van der Waals surface area contributed by atoms with Crippen molar-refractivity contribution in [3.8, 4) is 0 Å². The molecule has 0 aliphatic rings. The number of pyridine rings is 1. The Bertz CT molecular complexity index is 357. The third-order valence-corrected chi connectivity index (χ3v) is 3.77. The number of hydrogen-bond acceptors (Lipinski definition) is 3. The van der Waals surface area contributed by atoms with E-state index < -0.39 is 0 Å². The summed E-state index contributed by atoms with van der Waals surface area (Å²) < 4.78 is 1.44. The molecular formula is C10H11Br2NOS. The normalized spacial score (nSPS) is 10.3. The maximum atomic E-state index is 11.7. The Kier molecular flexibility index (Phi) is 5.86. The van der Waals surface area contributed by atoms with Crippen molar-refractivity contribution in [3.05, 3.63) is 26.9 Å². The van der Waals surface area contributed by atoms with Gasteiger partial charge in [0.25, 0.3) is 0 Å². The Morgan fingerprint density at radius 2 is 2.20 bits per heavy atom. The summed E-state index contributed by atoms with van der Waals surface area (Å²) in [6.45, 7) is 2.11. The van der Waals surface area contributed by atoms with Gasteiger partial charge >= 0.3 is 0 Å². The van der Waals surface area contributed by atoms with Crippen LogP contribution in [0.4, 0.5) is 0 Å². The van der Waals surface area contributed by atoms with E-state index in [0.717, 1.165) is 23.1 Å². The summed E-state index contributed by atoms with van der Waals surface area (Å²) >= 11 is 7.90. The monoisotopic (exact) mass is 351 g/mol. The largest absolute Gasteiger partial charge is 0.280 e. The number of carbonyl (C=O) groups is 1. The van der Waals surface area contributed by atoms with Crippen LogP contribution in [0.5, 0.6) is 0 Å². The first-order valence-electron chi connectivity index (χ1n) is 4.64. The summed E-state index contributed by atoms with van der Waals surface area (Å²) in [5.74, 6) is 0.857. The Morgan fingerprint density at radius 3 is 2.87 bits per heavy atom. The van der Waals surface area contributed by atoms with Gasteiger partial charge in [0.15, 0.2) is 0 Å². The first kappa shape index (κ1) is 13.2. The maximum Gasteiger partial charge on any atom is 0.238 e. The molecule has 0 bridgehead atoms. The number of unbranched alkanes of at least 4 members (excludes halogenated alkanes) is 1. The predicted octanol–water partition coefficient (Wildman–Crippen LogP) is 4.28. The molecule has 0 unspecified atom stereocenters. The Hall–Kier alpha value is 0.130. The standard InChI is InChI=1S/C10H11Br2NOS/c1-2-3-6-15-10(14)9-7(11)4-5-8(12)13-9/h4-5H,2-3,6H2,1H3. The zero-order valence-corrected chi connectivity index (χ0v) is 12.3. The molecule has 5 heteroatoms. The van der Waals surface area contributed by atoms with Gasteiger partial charge in [-0.2, -0.15) is 0 Å². The summed E-state index contributed by atoms with van der Waals surface area (Å²) in [6, 6.07) is 3.63. The van der Waals surface area contributed by atoms with Crippen LogP contribution in [0.3, 0.4) is 0 Å². The van der Waals surface area contributed by atoms with E-state index in [-0.39, 0.29) is 5.12 Å². The van der Waals surface area contributed by atoms with Crippen LogP contribution >= 0.6 is 43.6 Å². The minimum absolute atomic E-state index is 0.0247. The lowest BCUT2D eigenvalue weighted by atomic mass is 10.4. The molecule has 0 amide bonds. The highest BCUT2D eigenvalue weighted by atomic mass is 79.9. The molecule has 0 N–H and O–H groups in total. The Balaban J connectivity index is 2.68. The number of thioether (sulfide) groups is 1. The minimum atomic E-state index is 0.0247. The van der Waals surface area contributed by atoms with Gasteiger partial charge in [-0.1, -0.05) is 25.1 Å². The van der Waals surface area contributed by atoms with E-state index in [4.69, 9.17) is 0 Å². The van der Waals surface area contributed by atoms with E-state index in [2.05, 4.69) is 43.8 Å². The topological polar surface area (TPSA) is 30.0 Å². The van der Waals surface area contributed by atoms with Gasteiger partial charge < -0.3 is 0 Å². The number of halogens is 2. The second-order valence-corrected chi connectivity index (χ2v) is 5.69. The average molecular weight is 353 g/mol. The molecule has 0 spiro atoms. The van der Waals surface area contributed by atoms with E-state index in [1.807, 2.05) is 6.07 Å². The molecule has 0 radical (unpaired) electrons. The van der Waals surface area contributed by atoms with Crippen molar-refractivity contribution in [3.63, 3.8) is 0 Å². The molecule has 1 aromatic heterocycles. The molecule has 82 valence electrons. The summed E-state index contributed by atoms with van der Waals surface area (Å²) in [5.41, 5.74) is 0.491. The third-order valence-electron chi connectivity index (χ3n) is 1.74. The van der Waals surface area contributed by atoms with Gasteiger partial charge in [0.05, 0.1) is 0 Å². The number of rotatable bonds is 4. The molecule has 0 atom stereocenters. The molecule has 15 heavy (non-hydrogen) atoms. The van der Waals surface area contributed by atoms with Gasteiger partial charge in [-0.05, 0) is 50.4 Å². The van der Waals surface area contributed by atoms with Gasteiger partial charge in [0.2, 0.25) is 5.12 Å². The quantitative estimate of drug-likeness (QED) is 0.598. The molecule has 0 saturated carbocycles. The number of hydrogen-bond donors (Lipinski definition) is 0. The first-order valence-corrected chi connectivity index (χ1v) is 7.21. The molecule has 0 aromatic carbocycles. The van der Waals surface area contributed by atoms with Crippen LogP contribution in [0.1, 0.15) is 30.3 Å². The highest BCUT2D eigenvalue weighted by Gasteiger charge is 2.12. The number of carbonyl (C=O) groups excluding carboxylic acids is 1. The van der Waals surface area contributed by atoms with E-state index >= 15 is 0 Å². The highest BCUT2D eigenvalue weighted by molar-refractivity contribution is 9.11. The highest BCUT2D eigenvalue weighted by Crippen LogP contribution is 2.22. The second kappa shape index (κ2) is 6.66. The maximum absolute atomic E-state index is 11.7. The lowest BCUT2D eigenvalue weighted by Crippen LogP contribution is -2.00. The number of nitrogens with zero attached hydrogens (tertiary/aromatic N) is 1. The van der Waals surface area contributed by atoms with Gasteiger partial charge in [0, 0.05) is 10.2 Å². The van der Waals surface area contributed by atoms with Crippen molar-refractivity contribution in [2.24, 2.45) is 0 Å². The van der Waals surface area contributed by atoms with Crippen LogP contribution in [0, 0.1) is 0 Å². The van der Waals surface area contributed by atoms with Gasteiger partial charge in [-0.25, -0.2) is 4.98 Å². The Morgan fingerprint density at radius 1 is 1.47 bits per heavy atom. The van der Waals surface area contributed by atoms with E-state index in [9.17, 15) is 4.79 Å². The van der Waals surface area contributed by atoms with Gasteiger partial charge in [-0.3, -0.25) is 4.79 Å². The van der Waals surface area contributed by atoms with Crippen molar-refractivity contribution in [1.29, 1.82) is 0 Å². The Labute approximate surface area is 110 Å². The molecule has 1 rings (SSSR count). The fourth-order valence-electron chi connectivity index (χ4n) is 0.939. The van der Waals surface area contributed by atoms with E-state index in [1.54, 1.807) is 6.07 Å². The number of aromatic nitrogens is 1. The molecule has 0 saturated heterocycles. The fourth-order valence-corrected chi connectivity index (χ4v) is 2.69. The predicted molar refractivity (Wildman–Crippen MR) is 71.3 cm³/mol. The summed E-state index contributed by atoms with van der Waals surface area (Å²) in [7, 11) is 0. The molecule has 2 nitrogen and oxygen atoms in total. The SMILES string of the molecule is CCCCSC(=O)c1nc(Br)ccc1Br. The van der Waals surface area contributed by atoms with Crippen molar-refractivity contribution >= 4 is 48.7 Å². The van der Waals surface area contributed by atoms with Crippen molar-refractivity contribution < 1.29 is 4.79 Å². The van der Waals surface area contributed by atoms with Crippen LogP contribution in [0.25, 0.3) is 0 Å². The lowest BCUT2D eigenvalue weighted by Gasteiger charge is -2.02. The van der Waals surface area contributed by atoms with Gasteiger partial charge in [0.1, 0.15) is 10.3 Å². The van der Waals surface area contributed by atoms with Crippen LogP contribution in [0.2, 0.25) is 0 Å². The summed E-state index contributed by atoms with van der Waals surface area (Å²) in [6.07, 6.45) is 2.16. The van der Waals surface area contributed by atoms with Crippen molar-refractivity contribution in [2.75, 3.05) is 5.75 Å². The molecule has 1 heterocycles. The summed E-state index contributed by atoms with van der Waals surface area (Å²) in [5, 5.41) is 0.0247. The van der Waals surface area contributed by atoms with Crippen LogP contribution in [0.15, 0.2) is 21.2 Å². The van der Waals surface area contributed by atoms with Crippen molar-refractivity contribution in [1.82, 2.24) is 4.98 Å². The summed E-state index contributed by atoms with van der Waals surface area (Å²) in [4.78, 5) is 15.9. The van der Waals surface area contributed by atoms with Crippen molar-refractivity contribution in [2.45, 2.75) is 19.8 Å². The zero-order valence-electron chi connectivity index (χ0n) is 8.30. The molecule has 0 aliphatic carbocycles. The smallest absolute Gasteiger partial charge is 0.238 e. The van der Waals surface area contributed by atoms with E-state index in [0.29, 0.717) is 10.3 Å². The average Bonchev–Trinajstić information content (AvgIpc) is 2.22.